The number of rotatable bonds is 2. The van der Waals surface area contributed by atoms with Gasteiger partial charge in [-0.15, -0.1) is 0 Å². The summed E-state index contributed by atoms with van der Waals surface area (Å²) in [6.07, 6.45) is 1.30. The van der Waals surface area contributed by atoms with Crippen molar-refractivity contribution < 1.29 is 15.4 Å². The van der Waals surface area contributed by atoms with E-state index >= 15 is 0 Å². The maximum Gasteiger partial charge on any atom is 0.385 e. The molecule has 1 fully saturated rings. The monoisotopic (exact) mass is 303 g/mol. The molecule has 118 valence electrons. The number of piperidine rings is 1. The predicted molar refractivity (Wildman–Crippen MR) is 81.7 cm³/mol. The zero-order valence-electron chi connectivity index (χ0n) is 13.5. The molecular weight excluding hydrogens is 280 g/mol. The molecule has 2 rings (SSSR count). The minimum atomic E-state index is -0.351. The SMILES string of the molecule is CC1(C)CC(N=C([O-])c2ccc([N+]#N)cc2)CC(C)(C)[NH+]1O. The van der Waals surface area contributed by atoms with E-state index in [2.05, 4.69) is 9.97 Å². The first-order valence-electron chi connectivity index (χ1n) is 7.43. The van der Waals surface area contributed by atoms with E-state index in [0.29, 0.717) is 29.2 Å². The van der Waals surface area contributed by atoms with Crippen molar-refractivity contribution in [3.8, 4) is 0 Å². The summed E-state index contributed by atoms with van der Waals surface area (Å²) in [5.41, 5.74) is 0.170. The molecule has 22 heavy (non-hydrogen) atoms. The van der Waals surface area contributed by atoms with E-state index in [-0.39, 0.29) is 23.0 Å². The van der Waals surface area contributed by atoms with Crippen molar-refractivity contribution in [3.05, 3.63) is 34.8 Å². The molecule has 1 heterocycles. The number of hydrogen-bond acceptors (Lipinski definition) is 4. The van der Waals surface area contributed by atoms with Crippen molar-refractivity contribution in [3.63, 3.8) is 0 Å². The third-order valence-electron chi connectivity index (χ3n) is 4.30. The molecule has 0 atom stereocenters. The molecule has 1 saturated heterocycles. The van der Waals surface area contributed by atoms with Crippen LogP contribution >= 0.6 is 0 Å². The zero-order valence-corrected chi connectivity index (χ0v) is 13.5. The van der Waals surface area contributed by atoms with Gasteiger partial charge in [0.15, 0.2) is 4.98 Å². The van der Waals surface area contributed by atoms with Gasteiger partial charge in [0.1, 0.15) is 11.1 Å². The molecule has 1 aliphatic heterocycles. The number of hydrogen-bond donors (Lipinski definition) is 2. The molecule has 0 aromatic heterocycles. The molecule has 0 unspecified atom stereocenters. The molecule has 0 spiro atoms. The van der Waals surface area contributed by atoms with Gasteiger partial charge < -0.3 is 5.11 Å². The molecule has 0 radical (unpaired) electrons. The largest absolute Gasteiger partial charge is 0.858 e. The summed E-state index contributed by atoms with van der Waals surface area (Å²) < 4.78 is 0. The summed E-state index contributed by atoms with van der Waals surface area (Å²) >= 11 is 0. The third kappa shape index (κ3) is 3.26. The Morgan fingerprint density at radius 3 is 2.18 bits per heavy atom. The van der Waals surface area contributed by atoms with Gasteiger partial charge in [0, 0.05) is 25.0 Å². The average Bonchev–Trinajstić information content (AvgIpc) is 2.44. The summed E-state index contributed by atoms with van der Waals surface area (Å²) in [6.45, 7) is 7.92. The Morgan fingerprint density at radius 1 is 1.23 bits per heavy atom. The van der Waals surface area contributed by atoms with Crippen LogP contribution in [0.5, 0.6) is 0 Å². The number of diazo groups is 1. The lowest BCUT2D eigenvalue weighted by Gasteiger charge is -2.46. The number of quaternary nitrogens is 1. The van der Waals surface area contributed by atoms with E-state index in [1.54, 1.807) is 24.3 Å². The third-order valence-corrected chi connectivity index (χ3v) is 4.30. The summed E-state index contributed by atoms with van der Waals surface area (Å²) in [4.78, 5) is 7.39. The van der Waals surface area contributed by atoms with E-state index in [1.807, 2.05) is 27.7 Å². The van der Waals surface area contributed by atoms with Gasteiger partial charge in [-0.2, -0.15) is 5.06 Å². The van der Waals surface area contributed by atoms with Gasteiger partial charge >= 0.3 is 5.69 Å². The van der Waals surface area contributed by atoms with Gasteiger partial charge in [-0.05, 0) is 51.3 Å². The molecule has 2 N–H and O–H groups in total. The fourth-order valence-electron chi connectivity index (χ4n) is 3.36. The summed E-state index contributed by atoms with van der Waals surface area (Å²) in [5, 5.41) is 31.8. The molecule has 0 amide bonds. The second-order valence-corrected chi connectivity index (χ2v) is 7.26. The van der Waals surface area contributed by atoms with Gasteiger partial charge in [0.2, 0.25) is 5.39 Å². The fourth-order valence-corrected chi connectivity index (χ4v) is 3.36. The Balaban J connectivity index is 2.22. The predicted octanol–water partition coefficient (Wildman–Crippen LogP) is 1.27. The van der Waals surface area contributed by atoms with Crippen molar-refractivity contribution in [2.75, 3.05) is 0 Å². The summed E-state index contributed by atoms with van der Waals surface area (Å²) in [7, 11) is 0. The van der Waals surface area contributed by atoms with Gasteiger partial charge in [-0.1, -0.05) is 0 Å². The van der Waals surface area contributed by atoms with Crippen LogP contribution in [0.25, 0.3) is 4.98 Å². The molecule has 1 aromatic carbocycles. The van der Waals surface area contributed by atoms with Crippen molar-refractivity contribution in [1.82, 2.24) is 0 Å². The Kier molecular flexibility index (Phi) is 4.23. The maximum absolute atomic E-state index is 12.3. The highest BCUT2D eigenvalue weighted by atomic mass is 16.5. The molecular formula is C16H23N4O2+. The van der Waals surface area contributed by atoms with Gasteiger partial charge in [0.25, 0.3) is 0 Å². The summed E-state index contributed by atoms with van der Waals surface area (Å²) in [6, 6.07) is 6.22. The van der Waals surface area contributed by atoms with Crippen LogP contribution < -0.4 is 10.2 Å². The Hall–Kier alpha value is -1.97. The van der Waals surface area contributed by atoms with Crippen molar-refractivity contribution in [2.45, 2.75) is 57.7 Å². The van der Waals surface area contributed by atoms with Crippen LogP contribution in [0.4, 0.5) is 5.69 Å². The first-order valence-corrected chi connectivity index (χ1v) is 7.43. The van der Waals surface area contributed by atoms with E-state index in [9.17, 15) is 10.3 Å². The van der Waals surface area contributed by atoms with Crippen molar-refractivity contribution in [1.29, 1.82) is 5.39 Å². The minimum absolute atomic E-state index is 0.115. The lowest BCUT2D eigenvalue weighted by atomic mass is 9.79. The maximum atomic E-state index is 12.3. The fraction of sp³-hybridized carbons (Fsp3) is 0.562. The van der Waals surface area contributed by atoms with Gasteiger partial charge in [0.05, 0.1) is 6.04 Å². The first-order chi connectivity index (χ1) is 10.2. The summed E-state index contributed by atoms with van der Waals surface area (Å²) in [5.74, 6) is -0.275. The van der Waals surface area contributed by atoms with Crippen LogP contribution in [0.15, 0.2) is 29.3 Å². The molecule has 0 bridgehead atoms. The highest BCUT2D eigenvalue weighted by Crippen LogP contribution is 2.26. The van der Waals surface area contributed by atoms with E-state index in [1.165, 1.54) is 0 Å². The van der Waals surface area contributed by atoms with Crippen LogP contribution in [0, 0.1) is 5.39 Å². The van der Waals surface area contributed by atoms with Crippen LogP contribution in [0.2, 0.25) is 0 Å². The van der Waals surface area contributed by atoms with E-state index < -0.39 is 0 Å². The normalized spacial score (nSPS) is 27.2. The average molecular weight is 303 g/mol. The Morgan fingerprint density at radius 2 is 1.73 bits per heavy atom. The number of benzene rings is 1. The number of nitrogens with zero attached hydrogens (tertiary/aromatic N) is 3. The highest BCUT2D eigenvalue weighted by molar-refractivity contribution is 5.91. The highest BCUT2D eigenvalue weighted by Gasteiger charge is 2.49. The van der Waals surface area contributed by atoms with Crippen LogP contribution in [-0.2, 0) is 0 Å². The quantitative estimate of drug-likeness (QED) is 0.490. The molecule has 1 aliphatic rings. The molecule has 6 nitrogen and oxygen atoms in total. The van der Waals surface area contributed by atoms with Crippen molar-refractivity contribution >= 4 is 11.6 Å². The van der Waals surface area contributed by atoms with Gasteiger partial charge in [-0.3, -0.25) is 4.99 Å². The Bertz CT molecular complexity index is 596. The smallest absolute Gasteiger partial charge is 0.385 e. The second kappa shape index (κ2) is 5.67. The van der Waals surface area contributed by atoms with Crippen molar-refractivity contribution in [2.24, 2.45) is 4.99 Å². The molecule has 6 heteroatoms. The van der Waals surface area contributed by atoms with E-state index in [0.717, 1.165) is 0 Å². The second-order valence-electron chi connectivity index (χ2n) is 7.26. The topological polar surface area (TPSA) is 88.2 Å². The Labute approximate surface area is 130 Å². The van der Waals surface area contributed by atoms with Crippen LogP contribution in [0.3, 0.4) is 0 Å². The van der Waals surface area contributed by atoms with Crippen LogP contribution in [0.1, 0.15) is 46.1 Å². The number of nitrogens with one attached hydrogen (secondary N) is 1. The molecule has 1 aromatic rings. The minimum Gasteiger partial charge on any atom is -0.858 e. The molecule has 0 saturated carbocycles. The molecule has 0 aliphatic carbocycles. The lowest BCUT2D eigenvalue weighted by Crippen LogP contribution is -3.25. The van der Waals surface area contributed by atoms with Gasteiger partial charge in [-0.25, -0.2) is 5.21 Å². The zero-order chi connectivity index (χ0) is 16.5. The number of aliphatic imine (C=N–C) groups is 1. The first kappa shape index (κ1) is 16.4. The standard InChI is InChI=1S/C16H22N4O2/c1-15(2)9-13(10-16(3,4)20(15)22)18-14(21)11-5-7-12(19-17)8-6-11/h5-8,13,22H,9-10H2,1-4H3/p+1. The lowest BCUT2D eigenvalue weighted by molar-refractivity contribution is -1.16. The number of hydroxylamine groups is 2. The van der Waals surface area contributed by atoms with Crippen LogP contribution in [-0.4, -0.2) is 28.2 Å². The van der Waals surface area contributed by atoms with E-state index in [4.69, 9.17) is 5.39 Å².